The minimum Gasteiger partial charge on any atom is -0.381 e. The highest BCUT2D eigenvalue weighted by atomic mass is 16.5. The number of fused-ring (bicyclic) bond motifs is 1. The van der Waals surface area contributed by atoms with Gasteiger partial charge in [-0.25, -0.2) is 0 Å². The molecule has 6 heteroatoms. The Morgan fingerprint density at radius 1 is 1.17 bits per heavy atom. The average Bonchev–Trinajstić information content (AvgIpc) is 2.98. The summed E-state index contributed by atoms with van der Waals surface area (Å²) in [5, 5.41) is 0. The Bertz CT molecular complexity index is 412. The van der Waals surface area contributed by atoms with Crippen molar-refractivity contribution in [2.24, 2.45) is 5.92 Å². The summed E-state index contributed by atoms with van der Waals surface area (Å²) in [4.78, 5) is 15.7. The van der Waals surface area contributed by atoms with Crippen molar-refractivity contribution in [2.45, 2.75) is 50.4 Å². The summed E-state index contributed by atoms with van der Waals surface area (Å²) >= 11 is 0. The first-order chi connectivity index (χ1) is 11.6. The highest BCUT2D eigenvalue weighted by Crippen LogP contribution is 2.33. The lowest BCUT2D eigenvalue weighted by Crippen LogP contribution is -2.45. The summed E-state index contributed by atoms with van der Waals surface area (Å²) in [5.41, 5.74) is 0. The van der Waals surface area contributed by atoms with Crippen LogP contribution in [0.1, 0.15) is 32.1 Å². The van der Waals surface area contributed by atoms with Crippen LogP contribution in [0.3, 0.4) is 0 Å². The Labute approximate surface area is 145 Å². The van der Waals surface area contributed by atoms with Gasteiger partial charge in [0.15, 0.2) is 0 Å². The van der Waals surface area contributed by atoms with Gasteiger partial charge in [0.1, 0.15) is 6.61 Å². The fraction of sp³-hybridized carbons (Fsp3) is 0.944. The molecule has 0 N–H and O–H groups in total. The van der Waals surface area contributed by atoms with Gasteiger partial charge in [0, 0.05) is 46.4 Å². The minimum atomic E-state index is 0.00666. The van der Waals surface area contributed by atoms with E-state index in [1.165, 1.54) is 25.8 Å². The van der Waals surface area contributed by atoms with Gasteiger partial charge in [-0.3, -0.25) is 9.69 Å². The molecule has 0 radical (unpaired) electrons. The van der Waals surface area contributed by atoms with E-state index in [2.05, 4.69) is 4.90 Å². The molecule has 1 amide bonds. The largest absolute Gasteiger partial charge is 0.381 e. The van der Waals surface area contributed by atoms with Crippen LogP contribution in [-0.2, 0) is 19.0 Å². The van der Waals surface area contributed by atoms with Gasteiger partial charge in [-0.1, -0.05) is 0 Å². The second-order valence-corrected chi connectivity index (χ2v) is 7.58. The second-order valence-electron chi connectivity index (χ2n) is 7.58. The summed E-state index contributed by atoms with van der Waals surface area (Å²) < 4.78 is 17.3. The third-order valence-corrected chi connectivity index (χ3v) is 5.61. The number of rotatable bonds is 6. The van der Waals surface area contributed by atoms with Crippen LogP contribution in [0, 0.1) is 5.92 Å². The van der Waals surface area contributed by atoms with Crippen molar-refractivity contribution < 1.29 is 19.0 Å². The van der Waals surface area contributed by atoms with Gasteiger partial charge in [0.2, 0.25) is 5.91 Å². The molecule has 0 aromatic carbocycles. The molecule has 0 saturated carbocycles. The molecule has 0 spiro atoms. The second kappa shape index (κ2) is 8.61. The Morgan fingerprint density at radius 2 is 1.96 bits per heavy atom. The maximum atomic E-state index is 11.5. The van der Waals surface area contributed by atoms with E-state index < -0.39 is 0 Å². The smallest absolute Gasteiger partial charge is 0.248 e. The van der Waals surface area contributed by atoms with Crippen molar-refractivity contribution >= 4 is 5.91 Å². The van der Waals surface area contributed by atoms with E-state index in [1.54, 1.807) is 19.0 Å². The Morgan fingerprint density at radius 3 is 2.71 bits per heavy atom. The standard InChI is InChI=1S/C18H32N2O4/c1-19(2)18(21)13-23-12-15-3-4-16-17(24-15)5-8-20(16)11-14-6-9-22-10-7-14/h14-17H,3-13H2,1-2H3/t15-,16-,17-/m1/s1. The van der Waals surface area contributed by atoms with E-state index in [0.717, 1.165) is 38.5 Å². The molecule has 3 aliphatic rings. The Kier molecular flexibility index (Phi) is 6.49. The van der Waals surface area contributed by atoms with Crippen LogP contribution in [0.5, 0.6) is 0 Å². The van der Waals surface area contributed by atoms with Crippen LogP contribution >= 0.6 is 0 Å². The van der Waals surface area contributed by atoms with Crippen LogP contribution in [0.2, 0.25) is 0 Å². The van der Waals surface area contributed by atoms with Crippen LogP contribution in [0.4, 0.5) is 0 Å². The van der Waals surface area contributed by atoms with E-state index in [1.807, 2.05) is 0 Å². The number of hydrogen-bond acceptors (Lipinski definition) is 5. The quantitative estimate of drug-likeness (QED) is 0.726. The van der Waals surface area contributed by atoms with Gasteiger partial charge in [-0.15, -0.1) is 0 Å². The summed E-state index contributed by atoms with van der Waals surface area (Å²) in [6.45, 7) is 4.88. The average molecular weight is 340 g/mol. The number of likely N-dealkylation sites (N-methyl/N-ethyl adjacent to an activating group) is 1. The first kappa shape index (κ1) is 18.1. The SMILES string of the molecule is CN(C)C(=O)COC[C@H]1CC[C@@H]2[C@@H](CCN2CC2CCOCC2)O1. The van der Waals surface area contributed by atoms with Gasteiger partial charge >= 0.3 is 0 Å². The lowest BCUT2D eigenvalue weighted by Gasteiger charge is -2.37. The first-order valence-corrected chi connectivity index (χ1v) is 9.38. The van der Waals surface area contributed by atoms with Crippen molar-refractivity contribution in [2.75, 3.05) is 53.6 Å². The number of hydrogen-bond donors (Lipinski definition) is 0. The zero-order chi connectivity index (χ0) is 16.9. The van der Waals surface area contributed by atoms with Gasteiger partial charge in [0.05, 0.1) is 18.8 Å². The number of carbonyl (C=O) groups is 1. The molecule has 0 aromatic rings. The molecule has 0 unspecified atom stereocenters. The molecule has 3 atom stereocenters. The zero-order valence-corrected chi connectivity index (χ0v) is 15.1. The third-order valence-electron chi connectivity index (χ3n) is 5.61. The third kappa shape index (κ3) is 4.69. The van der Waals surface area contributed by atoms with Crippen LogP contribution in [-0.4, -0.2) is 87.6 Å². The molecule has 3 rings (SSSR count). The number of carbonyl (C=O) groups excluding carboxylic acids is 1. The number of amides is 1. The predicted octanol–water partition coefficient (Wildman–Crippen LogP) is 1.14. The Balaban J connectivity index is 1.39. The maximum Gasteiger partial charge on any atom is 0.248 e. The topological polar surface area (TPSA) is 51.2 Å². The van der Waals surface area contributed by atoms with E-state index in [-0.39, 0.29) is 18.6 Å². The highest BCUT2D eigenvalue weighted by Gasteiger charge is 2.40. The number of nitrogens with zero attached hydrogens (tertiary/aromatic N) is 2. The van der Waals surface area contributed by atoms with Crippen molar-refractivity contribution in [1.29, 1.82) is 0 Å². The molecule has 138 valence electrons. The predicted molar refractivity (Wildman–Crippen MR) is 90.9 cm³/mol. The van der Waals surface area contributed by atoms with E-state index >= 15 is 0 Å². The van der Waals surface area contributed by atoms with Gasteiger partial charge in [0.25, 0.3) is 0 Å². The Hall–Kier alpha value is -0.690. The lowest BCUT2D eigenvalue weighted by molar-refractivity contribution is -0.138. The van der Waals surface area contributed by atoms with Gasteiger partial charge < -0.3 is 19.1 Å². The normalized spacial score (nSPS) is 31.8. The molecule has 0 aromatic heterocycles. The summed E-state index contributed by atoms with van der Waals surface area (Å²) in [5.74, 6) is 0.794. The monoisotopic (exact) mass is 340 g/mol. The highest BCUT2D eigenvalue weighted by molar-refractivity contribution is 5.76. The van der Waals surface area contributed by atoms with E-state index in [0.29, 0.717) is 18.8 Å². The molecular weight excluding hydrogens is 308 g/mol. The summed E-state index contributed by atoms with van der Waals surface area (Å²) in [6.07, 6.45) is 6.23. The van der Waals surface area contributed by atoms with Crippen molar-refractivity contribution in [3.63, 3.8) is 0 Å². The number of ether oxygens (including phenoxy) is 3. The minimum absolute atomic E-state index is 0.00666. The number of likely N-dealkylation sites (tertiary alicyclic amines) is 1. The van der Waals surface area contributed by atoms with Crippen LogP contribution in [0.25, 0.3) is 0 Å². The summed E-state index contributed by atoms with van der Waals surface area (Å²) in [6, 6.07) is 0.576. The van der Waals surface area contributed by atoms with Crippen LogP contribution in [0.15, 0.2) is 0 Å². The molecule has 6 nitrogen and oxygen atoms in total. The molecule has 3 fully saturated rings. The lowest BCUT2D eigenvalue weighted by atomic mass is 9.96. The summed E-state index contributed by atoms with van der Waals surface area (Å²) in [7, 11) is 3.50. The van der Waals surface area contributed by atoms with Crippen LogP contribution < -0.4 is 0 Å². The fourth-order valence-electron chi connectivity index (χ4n) is 4.10. The maximum absolute atomic E-state index is 11.5. The van der Waals surface area contributed by atoms with Gasteiger partial charge in [-0.05, 0) is 38.0 Å². The first-order valence-electron chi connectivity index (χ1n) is 9.38. The van der Waals surface area contributed by atoms with Crippen molar-refractivity contribution in [1.82, 2.24) is 9.80 Å². The molecule has 0 aliphatic carbocycles. The van der Waals surface area contributed by atoms with Gasteiger partial charge in [-0.2, -0.15) is 0 Å². The van der Waals surface area contributed by atoms with E-state index in [4.69, 9.17) is 14.2 Å². The molecule has 24 heavy (non-hydrogen) atoms. The fourth-order valence-corrected chi connectivity index (χ4v) is 4.10. The molecule has 0 bridgehead atoms. The van der Waals surface area contributed by atoms with E-state index in [9.17, 15) is 4.79 Å². The molecule has 3 heterocycles. The van der Waals surface area contributed by atoms with Crippen molar-refractivity contribution in [3.05, 3.63) is 0 Å². The molecule has 3 aliphatic heterocycles. The molecular formula is C18H32N2O4. The zero-order valence-electron chi connectivity index (χ0n) is 15.1. The van der Waals surface area contributed by atoms with Crippen molar-refractivity contribution in [3.8, 4) is 0 Å². The molecule has 3 saturated heterocycles.